The highest BCUT2D eigenvalue weighted by Crippen LogP contribution is 2.25. The van der Waals surface area contributed by atoms with E-state index in [-0.39, 0.29) is 22.2 Å². The first-order valence-electron chi connectivity index (χ1n) is 6.28. The highest BCUT2D eigenvalue weighted by atomic mass is 32.2. The second kappa shape index (κ2) is 5.92. The van der Waals surface area contributed by atoms with E-state index >= 15 is 0 Å². The van der Waals surface area contributed by atoms with E-state index in [2.05, 4.69) is 5.32 Å². The maximum absolute atomic E-state index is 13.4. The van der Waals surface area contributed by atoms with Crippen molar-refractivity contribution in [2.45, 2.75) is 23.8 Å². The zero-order valence-corrected chi connectivity index (χ0v) is 13.0. The summed E-state index contributed by atoms with van der Waals surface area (Å²) in [6.45, 7) is 1.67. The van der Waals surface area contributed by atoms with Gasteiger partial charge in [0.25, 0.3) is 0 Å². The summed E-state index contributed by atoms with van der Waals surface area (Å²) in [5.41, 5.74) is -0.781. The fraction of sp³-hybridized carbons (Fsp3) is 0.462. The lowest BCUT2D eigenvalue weighted by molar-refractivity contribution is -0.120. The molecule has 0 unspecified atom stereocenters. The van der Waals surface area contributed by atoms with Crippen LogP contribution in [0.4, 0.5) is 8.78 Å². The molecule has 8 heteroatoms. The number of hydrogen-bond donors (Lipinski definition) is 1. The number of halogens is 2. The van der Waals surface area contributed by atoms with Crippen LogP contribution in [0.15, 0.2) is 23.1 Å². The van der Waals surface area contributed by atoms with Gasteiger partial charge >= 0.3 is 0 Å². The van der Waals surface area contributed by atoms with Gasteiger partial charge in [0.05, 0.1) is 22.8 Å². The van der Waals surface area contributed by atoms with E-state index in [9.17, 15) is 22.0 Å². The SMILES string of the molecule is C[C@@]1(NC(=O)CSc2cc(F)ccc2F)CCS(=O)(=O)C1. The Morgan fingerprint density at radius 1 is 1.43 bits per heavy atom. The molecule has 1 heterocycles. The van der Waals surface area contributed by atoms with Gasteiger partial charge in [0.1, 0.15) is 11.6 Å². The topological polar surface area (TPSA) is 63.2 Å². The van der Waals surface area contributed by atoms with E-state index in [0.29, 0.717) is 6.42 Å². The van der Waals surface area contributed by atoms with E-state index in [1.807, 2.05) is 0 Å². The molecule has 1 amide bonds. The third kappa shape index (κ3) is 4.41. The largest absolute Gasteiger partial charge is 0.349 e. The van der Waals surface area contributed by atoms with E-state index in [1.165, 1.54) is 0 Å². The molecule has 0 radical (unpaired) electrons. The van der Waals surface area contributed by atoms with E-state index in [0.717, 1.165) is 30.0 Å². The number of sulfone groups is 1. The van der Waals surface area contributed by atoms with Crippen molar-refractivity contribution in [1.29, 1.82) is 0 Å². The molecule has 1 aliphatic heterocycles. The molecule has 1 N–H and O–H groups in total. The van der Waals surface area contributed by atoms with Crippen molar-refractivity contribution in [3.05, 3.63) is 29.8 Å². The molecule has 1 aromatic carbocycles. The highest BCUT2D eigenvalue weighted by Gasteiger charge is 2.39. The Balaban J connectivity index is 1.92. The average molecular weight is 335 g/mol. The van der Waals surface area contributed by atoms with Crippen LogP contribution in [0.2, 0.25) is 0 Å². The van der Waals surface area contributed by atoms with E-state index in [1.54, 1.807) is 6.92 Å². The van der Waals surface area contributed by atoms with Crippen LogP contribution in [0.3, 0.4) is 0 Å². The maximum atomic E-state index is 13.4. The molecule has 1 aliphatic rings. The molecule has 1 fully saturated rings. The van der Waals surface area contributed by atoms with Crippen molar-refractivity contribution < 1.29 is 22.0 Å². The number of carbonyl (C=O) groups is 1. The second-order valence-electron chi connectivity index (χ2n) is 5.31. The number of amides is 1. The van der Waals surface area contributed by atoms with Crippen molar-refractivity contribution in [3.63, 3.8) is 0 Å². The molecule has 0 saturated carbocycles. The quantitative estimate of drug-likeness (QED) is 0.852. The number of benzene rings is 1. The Bertz CT molecular complexity index is 663. The monoisotopic (exact) mass is 335 g/mol. The predicted octanol–water partition coefficient (Wildman–Crippen LogP) is 1.75. The summed E-state index contributed by atoms with van der Waals surface area (Å²) in [6.07, 6.45) is 0.361. The number of nitrogens with one attached hydrogen (secondary N) is 1. The first-order chi connectivity index (χ1) is 9.69. The zero-order chi connectivity index (χ0) is 15.7. The van der Waals surface area contributed by atoms with Crippen LogP contribution in [0.25, 0.3) is 0 Å². The number of carbonyl (C=O) groups excluding carboxylic acids is 1. The average Bonchev–Trinajstić information content (AvgIpc) is 2.64. The van der Waals surface area contributed by atoms with Crippen LogP contribution >= 0.6 is 11.8 Å². The molecule has 2 rings (SSSR count). The number of rotatable bonds is 4. The summed E-state index contributed by atoms with van der Waals surface area (Å²) in [5.74, 6) is -1.71. The molecule has 21 heavy (non-hydrogen) atoms. The summed E-state index contributed by atoms with van der Waals surface area (Å²) >= 11 is 0.875. The summed E-state index contributed by atoms with van der Waals surface area (Å²) in [4.78, 5) is 11.9. The highest BCUT2D eigenvalue weighted by molar-refractivity contribution is 8.00. The molecule has 1 aromatic rings. The van der Waals surface area contributed by atoms with Crippen molar-refractivity contribution >= 4 is 27.5 Å². The first-order valence-corrected chi connectivity index (χ1v) is 9.09. The zero-order valence-electron chi connectivity index (χ0n) is 11.4. The summed E-state index contributed by atoms with van der Waals surface area (Å²) in [5, 5.41) is 2.66. The standard InChI is InChI=1S/C13H15F2NO3S2/c1-13(4-5-21(18,19)8-13)16-12(17)7-20-11-6-9(14)2-3-10(11)15/h2-3,6H,4-5,7-8H2,1H3,(H,16,17)/t13-/m1/s1. The molecule has 0 spiro atoms. The van der Waals surface area contributed by atoms with E-state index in [4.69, 9.17) is 0 Å². The van der Waals surface area contributed by atoms with Crippen molar-refractivity contribution in [3.8, 4) is 0 Å². The van der Waals surface area contributed by atoms with Crippen LogP contribution in [0.1, 0.15) is 13.3 Å². The van der Waals surface area contributed by atoms with Gasteiger partial charge in [-0.2, -0.15) is 0 Å². The van der Waals surface area contributed by atoms with Gasteiger partial charge in [-0.3, -0.25) is 4.79 Å². The fourth-order valence-electron chi connectivity index (χ4n) is 2.21. The maximum Gasteiger partial charge on any atom is 0.230 e. The third-order valence-corrected chi connectivity index (χ3v) is 6.13. The predicted molar refractivity (Wildman–Crippen MR) is 76.9 cm³/mol. The lowest BCUT2D eigenvalue weighted by atomic mass is 10.0. The number of thioether (sulfide) groups is 1. The number of hydrogen-bond acceptors (Lipinski definition) is 4. The summed E-state index contributed by atoms with van der Waals surface area (Å²) in [7, 11) is -3.11. The van der Waals surface area contributed by atoms with Crippen LogP contribution in [0.5, 0.6) is 0 Å². The molecule has 1 saturated heterocycles. The summed E-state index contributed by atoms with van der Waals surface area (Å²) in [6, 6.07) is 3.03. The Hall–Kier alpha value is -1.15. The Morgan fingerprint density at radius 2 is 2.14 bits per heavy atom. The molecule has 0 aromatic heterocycles. The summed E-state index contributed by atoms with van der Waals surface area (Å²) < 4.78 is 49.3. The fourth-order valence-corrected chi connectivity index (χ4v) is 5.07. The van der Waals surface area contributed by atoms with Crippen molar-refractivity contribution in [2.24, 2.45) is 0 Å². The van der Waals surface area contributed by atoms with Crippen LogP contribution < -0.4 is 5.32 Å². The van der Waals surface area contributed by atoms with Crippen LogP contribution in [-0.4, -0.2) is 37.1 Å². The molecule has 0 bridgehead atoms. The normalized spacial score (nSPS) is 24.0. The molecule has 1 atom stereocenters. The lowest BCUT2D eigenvalue weighted by Gasteiger charge is -2.23. The van der Waals surface area contributed by atoms with Gasteiger partial charge in [0.15, 0.2) is 9.84 Å². The Kier molecular flexibility index (Phi) is 4.57. The first kappa shape index (κ1) is 16.2. The molecule has 116 valence electrons. The molecule has 4 nitrogen and oxygen atoms in total. The smallest absolute Gasteiger partial charge is 0.230 e. The second-order valence-corrected chi connectivity index (χ2v) is 8.52. The molecule has 0 aliphatic carbocycles. The minimum Gasteiger partial charge on any atom is -0.349 e. The Labute approximate surface area is 126 Å². The Morgan fingerprint density at radius 3 is 2.76 bits per heavy atom. The van der Waals surface area contributed by atoms with Gasteiger partial charge in [-0.1, -0.05) is 0 Å². The van der Waals surface area contributed by atoms with Crippen LogP contribution in [-0.2, 0) is 14.6 Å². The van der Waals surface area contributed by atoms with Crippen LogP contribution in [0, 0.1) is 11.6 Å². The lowest BCUT2D eigenvalue weighted by Crippen LogP contribution is -2.47. The van der Waals surface area contributed by atoms with Gasteiger partial charge in [0, 0.05) is 4.90 Å². The minimum atomic E-state index is -3.11. The minimum absolute atomic E-state index is 0.0503. The van der Waals surface area contributed by atoms with E-state index < -0.39 is 32.9 Å². The van der Waals surface area contributed by atoms with Gasteiger partial charge in [0.2, 0.25) is 5.91 Å². The van der Waals surface area contributed by atoms with Gasteiger partial charge in [-0.05, 0) is 31.5 Å². The molecular formula is C13H15F2NO3S2. The van der Waals surface area contributed by atoms with Gasteiger partial charge in [-0.25, -0.2) is 17.2 Å². The van der Waals surface area contributed by atoms with Gasteiger partial charge in [-0.15, -0.1) is 11.8 Å². The van der Waals surface area contributed by atoms with Gasteiger partial charge < -0.3 is 5.32 Å². The van der Waals surface area contributed by atoms with Crippen molar-refractivity contribution in [1.82, 2.24) is 5.32 Å². The van der Waals surface area contributed by atoms with Crippen molar-refractivity contribution in [2.75, 3.05) is 17.3 Å². The third-order valence-electron chi connectivity index (χ3n) is 3.20. The molecular weight excluding hydrogens is 320 g/mol.